The van der Waals surface area contributed by atoms with Gasteiger partial charge in [-0.15, -0.1) is 11.3 Å². The fourth-order valence-corrected chi connectivity index (χ4v) is 2.13. The highest BCUT2D eigenvalue weighted by Crippen LogP contribution is 2.07. The molecule has 0 radical (unpaired) electrons. The summed E-state index contributed by atoms with van der Waals surface area (Å²) in [4.78, 5) is 16.2. The van der Waals surface area contributed by atoms with Crippen LogP contribution in [0.1, 0.15) is 5.56 Å². The van der Waals surface area contributed by atoms with Crippen molar-refractivity contribution in [2.75, 3.05) is 0 Å². The zero-order valence-electron chi connectivity index (χ0n) is 9.26. The number of hydrogen-bond acceptors (Lipinski definition) is 2. The van der Waals surface area contributed by atoms with Crippen LogP contribution in [-0.4, -0.2) is 10.5 Å². The van der Waals surface area contributed by atoms with Gasteiger partial charge in [-0.2, -0.15) is 4.99 Å². The normalized spacial score (nSPS) is 11.8. The Morgan fingerprint density at radius 1 is 1.47 bits per heavy atom. The van der Waals surface area contributed by atoms with Gasteiger partial charge in [-0.25, -0.2) is 4.39 Å². The summed E-state index contributed by atoms with van der Waals surface area (Å²) >= 11 is 1.37. The minimum atomic E-state index is -0.369. The summed E-state index contributed by atoms with van der Waals surface area (Å²) in [6.07, 6.45) is 1.81. The van der Waals surface area contributed by atoms with Gasteiger partial charge in [-0.1, -0.05) is 18.2 Å². The van der Waals surface area contributed by atoms with Crippen LogP contribution in [0, 0.1) is 5.82 Å². The van der Waals surface area contributed by atoms with E-state index in [1.807, 2.05) is 18.6 Å². The third kappa shape index (κ3) is 2.88. The largest absolute Gasteiger partial charge is 0.327 e. The molecule has 2 rings (SSSR count). The third-order valence-corrected chi connectivity index (χ3v) is 3.13. The number of halogens is 1. The summed E-state index contributed by atoms with van der Waals surface area (Å²) < 4.78 is 15.1. The van der Waals surface area contributed by atoms with Crippen molar-refractivity contribution in [3.8, 4) is 0 Å². The number of aryl methyl sites for hydroxylation is 1. The van der Waals surface area contributed by atoms with Crippen molar-refractivity contribution >= 4 is 17.2 Å². The Labute approximate surface area is 102 Å². The molecule has 1 amide bonds. The van der Waals surface area contributed by atoms with Crippen LogP contribution in [0.2, 0.25) is 0 Å². The molecule has 0 fully saturated rings. The van der Waals surface area contributed by atoms with Crippen LogP contribution in [-0.2, 0) is 18.3 Å². The Kier molecular flexibility index (Phi) is 3.49. The molecule has 3 nitrogen and oxygen atoms in total. The van der Waals surface area contributed by atoms with Crippen molar-refractivity contribution in [1.82, 2.24) is 4.57 Å². The predicted octanol–water partition coefficient (Wildman–Crippen LogP) is 1.90. The molecule has 1 aromatic heterocycles. The van der Waals surface area contributed by atoms with Crippen molar-refractivity contribution in [2.24, 2.45) is 12.0 Å². The Balaban J connectivity index is 2.19. The fraction of sp³-hybridized carbons (Fsp3) is 0.167. The molecule has 17 heavy (non-hydrogen) atoms. The average Bonchev–Trinajstić information content (AvgIpc) is 2.68. The first-order valence-corrected chi connectivity index (χ1v) is 5.96. The predicted molar refractivity (Wildman–Crippen MR) is 64.0 cm³/mol. The lowest BCUT2D eigenvalue weighted by atomic mass is 10.1. The van der Waals surface area contributed by atoms with E-state index in [0.29, 0.717) is 10.4 Å². The highest BCUT2D eigenvalue weighted by molar-refractivity contribution is 7.07. The van der Waals surface area contributed by atoms with E-state index in [1.165, 1.54) is 17.4 Å². The van der Waals surface area contributed by atoms with Crippen molar-refractivity contribution < 1.29 is 9.18 Å². The minimum absolute atomic E-state index is 0.00935. The molecule has 0 aliphatic heterocycles. The summed E-state index contributed by atoms with van der Waals surface area (Å²) in [6, 6.07) is 6.24. The number of thiazole rings is 1. The molecule has 5 heteroatoms. The van der Waals surface area contributed by atoms with E-state index in [-0.39, 0.29) is 18.1 Å². The summed E-state index contributed by atoms with van der Waals surface area (Å²) in [5, 5.41) is 1.84. The Hall–Kier alpha value is -1.75. The van der Waals surface area contributed by atoms with E-state index in [4.69, 9.17) is 0 Å². The van der Waals surface area contributed by atoms with Gasteiger partial charge in [0.25, 0.3) is 5.91 Å². The van der Waals surface area contributed by atoms with Gasteiger partial charge in [-0.3, -0.25) is 4.79 Å². The number of aromatic nitrogens is 1. The summed E-state index contributed by atoms with van der Waals surface area (Å²) in [6.45, 7) is 0. The second-order valence-electron chi connectivity index (χ2n) is 3.57. The van der Waals surface area contributed by atoms with E-state index >= 15 is 0 Å². The Morgan fingerprint density at radius 2 is 2.24 bits per heavy atom. The lowest BCUT2D eigenvalue weighted by molar-refractivity contribution is -0.117. The topological polar surface area (TPSA) is 34.4 Å². The zero-order valence-corrected chi connectivity index (χ0v) is 10.1. The molecule has 1 aromatic carbocycles. The number of carbonyl (C=O) groups excluding carboxylic acids is 1. The number of amides is 1. The maximum atomic E-state index is 13.3. The SMILES string of the molecule is Cn1ccsc1=NC(=O)Cc1ccccc1F. The van der Waals surface area contributed by atoms with E-state index < -0.39 is 0 Å². The molecular weight excluding hydrogens is 239 g/mol. The number of carbonyl (C=O) groups is 1. The van der Waals surface area contributed by atoms with E-state index in [9.17, 15) is 9.18 Å². The molecule has 0 saturated heterocycles. The molecule has 0 unspecified atom stereocenters. The molecule has 0 N–H and O–H groups in total. The van der Waals surface area contributed by atoms with Gasteiger partial charge in [0.1, 0.15) is 5.82 Å². The maximum Gasteiger partial charge on any atom is 0.252 e. The highest BCUT2D eigenvalue weighted by atomic mass is 32.1. The fourth-order valence-electron chi connectivity index (χ4n) is 1.39. The average molecular weight is 250 g/mol. The molecule has 0 atom stereocenters. The molecule has 0 bridgehead atoms. The van der Waals surface area contributed by atoms with Gasteiger partial charge in [0.2, 0.25) is 0 Å². The van der Waals surface area contributed by atoms with E-state index in [0.717, 1.165) is 0 Å². The molecule has 0 aliphatic carbocycles. The first-order chi connectivity index (χ1) is 8.16. The lowest BCUT2D eigenvalue weighted by Crippen LogP contribution is -2.13. The molecule has 0 aliphatic rings. The van der Waals surface area contributed by atoms with Gasteiger partial charge in [0.15, 0.2) is 4.80 Å². The molecule has 0 spiro atoms. The first-order valence-electron chi connectivity index (χ1n) is 5.08. The smallest absolute Gasteiger partial charge is 0.252 e. The first kappa shape index (κ1) is 11.7. The van der Waals surface area contributed by atoms with Gasteiger partial charge < -0.3 is 4.57 Å². The number of hydrogen-bond donors (Lipinski definition) is 0. The van der Waals surface area contributed by atoms with Gasteiger partial charge >= 0.3 is 0 Å². The Morgan fingerprint density at radius 3 is 2.88 bits per heavy atom. The summed E-state index contributed by atoms with van der Waals surface area (Å²) in [7, 11) is 1.81. The highest BCUT2D eigenvalue weighted by Gasteiger charge is 2.06. The van der Waals surface area contributed by atoms with Crippen molar-refractivity contribution in [1.29, 1.82) is 0 Å². The summed E-state index contributed by atoms with van der Waals surface area (Å²) in [5.41, 5.74) is 0.375. The van der Waals surface area contributed by atoms with Crippen LogP contribution < -0.4 is 4.80 Å². The van der Waals surface area contributed by atoms with Crippen LogP contribution in [0.5, 0.6) is 0 Å². The van der Waals surface area contributed by atoms with Crippen LogP contribution in [0.4, 0.5) is 4.39 Å². The molecule has 0 saturated carbocycles. The number of rotatable bonds is 2. The maximum absolute atomic E-state index is 13.3. The number of benzene rings is 1. The molecule has 1 heterocycles. The van der Waals surface area contributed by atoms with E-state index in [1.54, 1.807) is 22.8 Å². The van der Waals surface area contributed by atoms with Gasteiger partial charge in [-0.05, 0) is 11.6 Å². The quantitative estimate of drug-likeness (QED) is 0.801. The number of nitrogens with zero attached hydrogens (tertiary/aromatic N) is 2. The van der Waals surface area contributed by atoms with Crippen LogP contribution >= 0.6 is 11.3 Å². The summed E-state index contributed by atoms with van der Waals surface area (Å²) in [5.74, 6) is -0.709. The standard InChI is InChI=1S/C12H11FN2OS/c1-15-6-7-17-12(15)14-11(16)8-9-4-2-3-5-10(9)13/h2-7H,8H2,1H3. The van der Waals surface area contributed by atoms with Crippen molar-refractivity contribution in [3.05, 3.63) is 52.0 Å². The second-order valence-corrected chi connectivity index (χ2v) is 4.44. The van der Waals surface area contributed by atoms with Crippen LogP contribution in [0.3, 0.4) is 0 Å². The second kappa shape index (κ2) is 5.05. The Bertz CT molecular complexity index is 600. The molecular formula is C12H11FN2OS. The van der Waals surface area contributed by atoms with Crippen molar-refractivity contribution in [3.63, 3.8) is 0 Å². The lowest BCUT2D eigenvalue weighted by Gasteiger charge is -1.98. The van der Waals surface area contributed by atoms with Crippen LogP contribution in [0.25, 0.3) is 0 Å². The van der Waals surface area contributed by atoms with Gasteiger partial charge in [0, 0.05) is 18.6 Å². The van der Waals surface area contributed by atoms with Crippen LogP contribution in [0.15, 0.2) is 40.8 Å². The van der Waals surface area contributed by atoms with E-state index in [2.05, 4.69) is 4.99 Å². The minimum Gasteiger partial charge on any atom is -0.327 e. The third-order valence-electron chi connectivity index (χ3n) is 2.28. The van der Waals surface area contributed by atoms with Gasteiger partial charge in [0.05, 0.1) is 6.42 Å². The molecule has 2 aromatic rings. The zero-order chi connectivity index (χ0) is 12.3. The molecule has 88 valence electrons. The van der Waals surface area contributed by atoms with Crippen molar-refractivity contribution in [2.45, 2.75) is 6.42 Å². The monoisotopic (exact) mass is 250 g/mol.